The molecule has 0 aliphatic heterocycles. The van der Waals surface area contributed by atoms with Gasteiger partial charge in [-0.05, 0) is 56.5 Å². The normalized spacial score (nSPS) is 11.0. The van der Waals surface area contributed by atoms with E-state index in [-0.39, 0.29) is 0 Å². The van der Waals surface area contributed by atoms with Crippen LogP contribution in [0.25, 0.3) is 0 Å². The third kappa shape index (κ3) is 5.61. The van der Waals surface area contributed by atoms with E-state index in [1.54, 1.807) is 18.4 Å². The number of hydrogen-bond donors (Lipinski definition) is 1. The van der Waals surface area contributed by atoms with Crippen LogP contribution in [-0.2, 0) is 17.9 Å². The highest BCUT2D eigenvalue weighted by Gasteiger charge is 2.07. The third-order valence-electron chi connectivity index (χ3n) is 3.72. The zero-order chi connectivity index (χ0) is 16.7. The number of methoxy groups -OCH3 is 1. The van der Waals surface area contributed by atoms with E-state index >= 15 is 0 Å². The molecule has 0 bridgehead atoms. The molecule has 1 aromatic carbocycles. The predicted molar refractivity (Wildman–Crippen MR) is 95.3 cm³/mol. The lowest BCUT2D eigenvalue weighted by atomic mass is 10.1. The number of nitrogens with one attached hydrogen (secondary N) is 1. The summed E-state index contributed by atoms with van der Waals surface area (Å²) < 4.78 is 11.0. The summed E-state index contributed by atoms with van der Waals surface area (Å²) in [5.74, 6) is 0.956. The van der Waals surface area contributed by atoms with Gasteiger partial charge in [-0.2, -0.15) is 0 Å². The largest absolute Gasteiger partial charge is 0.486 e. The zero-order valence-electron chi connectivity index (χ0n) is 14.4. The van der Waals surface area contributed by atoms with Crippen LogP contribution in [0.15, 0.2) is 17.5 Å². The highest BCUT2D eigenvalue weighted by atomic mass is 32.1. The average molecular weight is 334 g/mol. The first-order valence-electron chi connectivity index (χ1n) is 7.93. The van der Waals surface area contributed by atoms with Crippen LogP contribution in [0.1, 0.15) is 33.8 Å². The molecule has 0 amide bonds. The molecular weight excluding hydrogens is 308 g/mol. The van der Waals surface area contributed by atoms with Gasteiger partial charge in [-0.25, -0.2) is 4.98 Å². The Labute approximate surface area is 142 Å². The second-order valence-corrected chi connectivity index (χ2v) is 6.69. The van der Waals surface area contributed by atoms with Gasteiger partial charge < -0.3 is 14.8 Å². The molecule has 0 unspecified atom stereocenters. The van der Waals surface area contributed by atoms with Crippen LogP contribution < -0.4 is 10.1 Å². The Balaban J connectivity index is 1.83. The van der Waals surface area contributed by atoms with E-state index < -0.39 is 0 Å². The van der Waals surface area contributed by atoms with Gasteiger partial charge in [-0.15, -0.1) is 11.3 Å². The van der Waals surface area contributed by atoms with Crippen molar-refractivity contribution >= 4 is 11.3 Å². The first-order valence-corrected chi connectivity index (χ1v) is 8.81. The van der Waals surface area contributed by atoms with Gasteiger partial charge in [0.2, 0.25) is 0 Å². The van der Waals surface area contributed by atoms with E-state index in [1.165, 1.54) is 16.7 Å². The molecule has 1 heterocycles. The van der Waals surface area contributed by atoms with Crippen molar-refractivity contribution in [3.63, 3.8) is 0 Å². The molecule has 0 saturated heterocycles. The maximum Gasteiger partial charge on any atom is 0.140 e. The van der Waals surface area contributed by atoms with E-state index in [0.29, 0.717) is 6.61 Å². The summed E-state index contributed by atoms with van der Waals surface area (Å²) >= 11 is 1.65. The van der Waals surface area contributed by atoms with Crippen LogP contribution in [0.2, 0.25) is 0 Å². The second-order valence-electron chi connectivity index (χ2n) is 5.75. The monoisotopic (exact) mass is 334 g/mol. The lowest BCUT2D eigenvalue weighted by Gasteiger charge is -2.11. The minimum absolute atomic E-state index is 0.526. The van der Waals surface area contributed by atoms with E-state index in [0.717, 1.165) is 42.6 Å². The molecule has 5 heteroatoms. The van der Waals surface area contributed by atoms with Crippen molar-refractivity contribution in [1.29, 1.82) is 0 Å². The first kappa shape index (κ1) is 17.9. The summed E-state index contributed by atoms with van der Waals surface area (Å²) in [6.07, 6.45) is 1.02. The van der Waals surface area contributed by atoms with Crippen LogP contribution in [0.4, 0.5) is 0 Å². The molecule has 0 fully saturated rings. The first-order chi connectivity index (χ1) is 11.1. The van der Waals surface area contributed by atoms with E-state index in [2.05, 4.69) is 48.6 Å². The smallest absolute Gasteiger partial charge is 0.140 e. The maximum absolute atomic E-state index is 5.97. The highest BCUT2D eigenvalue weighted by molar-refractivity contribution is 7.09. The van der Waals surface area contributed by atoms with Crippen molar-refractivity contribution in [3.8, 4) is 5.75 Å². The second kappa shape index (κ2) is 9.01. The molecule has 0 aliphatic rings. The van der Waals surface area contributed by atoms with Gasteiger partial charge in [0.1, 0.15) is 17.4 Å². The van der Waals surface area contributed by atoms with Gasteiger partial charge in [-0.1, -0.05) is 6.07 Å². The topological polar surface area (TPSA) is 43.4 Å². The molecular formula is C18H26N2O2S. The molecule has 2 rings (SSSR count). The molecule has 126 valence electrons. The Morgan fingerprint density at radius 1 is 1.22 bits per heavy atom. The Hall–Kier alpha value is -1.43. The standard InChI is InChI=1S/C18H26N2O2S/c1-13-8-14(2)15(3)17(9-13)22-11-18-20-16(12-23-18)10-19-6-5-7-21-4/h8-9,12,19H,5-7,10-11H2,1-4H3. The zero-order valence-corrected chi connectivity index (χ0v) is 15.3. The Kier molecular flexibility index (Phi) is 7.02. The quantitative estimate of drug-likeness (QED) is 0.709. The lowest BCUT2D eigenvalue weighted by molar-refractivity contribution is 0.194. The molecule has 1 N–H and O–H groups in total. The molecule has 0 saturated carbocycles. The lowest BCUT2D eigenvalue weighted by Crippen LogP contribution is -2.16. The number of ether oxygens (including phenoxy) is 2. The Morgan fingerprint density at radius 2 is 2.04 bits per heavy atom. The molecule has 4 nitrogen and oxygen atoms in total. The molecule has 0 radical (unpaired) electrons. The van der Waals surface area contributed by atoms with Gasteiger partial charge in [0.05, 0.1) is 5.69 Å². The minimum Gasteiger partial charge on any atom is -0.486 e. The van der Waals surface area contributed by atoms with Crippen LogP contribution in [-0.4, -0.2) is 25.2 Å². The van der Waals surface area contributed by atoms with E-state index in [1.807, 2.05) is 0 Å². The van der Waals surface area contributed by atoms with Crippen LogP contribution in [0.3, 0.4) is 0 Å². The summed E-state index contributed by atoms with van der Waals surface area (Å²) in [5.41, 5.74) is 4.76. The summed E-state index contributed by atoms with van der Waals surface area (Å²) in [6.45, 7) is 9.36. The summed E-state index contributed by atoms with van der Waals surface area (Å²) in [6, 6.07) is 4.27. The summed E-state index contributed by atoms with van der Waals surface area (Å²) in [5, 5.41) is 6.48. The number of aryl methyl sites for hydroxylation is 2. The van der Waals surface area contributed by atoms with E-state index in [4.69, 9.17) is 9.47 Å². The van der Waals surface area contributed by atoms with Crippen molar-refractivity contribution in [2.45, 2.75) is 40.3 Å². The molecule has 0 spiro atoms. The number of rotatable bonds is 9. The third-order valence-corrected chi connectivity index (χ3v) is 4.59. The van der Waals surface area contributed by atoms with Crippen LogP contribution >= 0.6 is 11.3 Å². The SMILES string of the molecule is COCCCNCc1csc(COc2cc(C)cc(C)c2C)n1. The minimum atomic E-state index is 0.526. The number of hydrogen-bond acceptors (Lipinski definition) is 5. The fourth-order valence-electron chi connectivity index (χ4n) is 2.34. The number of nitrogens with zero attached hydrogens (tertiary/aromatic N) is 1. The fraction of sp³-hybridized carbons (Fsp3) is 0.500. The van der Waals surface area contributed by atoms with Crippen molar-refractivity contribution in [1.82, 2.24) is 10.3 Å². The number of aromatic nitrogens is 1. The van der Waals surface area contributed by atoms with Crippen molar-refractivity contribution in [3.05, 3.63) is 44.9 Å². The molecule has 23 heavy (non-hydrogen) atoms. The van der Waals surface area contributed by atoms with Crippen LogP contribution in [0.5, 0.6) is 5.75 Å². The van der Waals surface area contributed by atoms with Crippen molar-refractivity contribution in [2.24, 2.45) is 0 Å². The van der Waals surface area contributed by atoms with Crippen LogP contribution in [0, 0.1) is 20.8 Å². The molecule has 0 atom stereocenters. The summed E-state index contributed by atoms with van der Waals surface area (Å²) in [7, 11) is 1.73. The van der Waals surface area contributed by atoms with Gasteiger partial charge in [0.15, 0.2) is 0 Å². The van der Waals surface area contributed by atoms with Gasteiger partial charge >= 0.3 is 0 Å². The predicted octanol–water partition coefficient (Wildman–Crippen LogP) is 3.77. The Morgan fingerprint density at radius 3 is 2.83 bits per heavy atom. The number of thiazole rings is 1. The summed E-state index contributed by atoms with van der Waals surface area (Å²) in [4.78, 5) is 4.62. The molecule has 1 aromatic heterocycles. The molecule has 2 aromatic rings. The van der Waals surface area contributed by atoms with Gasteiger partial charge in [-0.3, -0.25) is 0 Å². The number of benzene rings is 1. The van der Waals surface area contributed by atoms with Crippen molar-refractivity contribution in [2.75, 3.05) is 20.3 Å². The van der Waals surface area contributed by atoms with Gasteiger partial charge in [0.25, 0.3) is 0 Å². The highest BCUT2D eigenvalue weighted by Crippen LogP contribution is 2.24. The fourth-order valence-corrected chi connectivity index (χ4v) is 3.05. The molecule has 0 aliphatic carbocycles. The van der Waals surface area contributed by atoms with Crippen molar-refractivity contribution < 1.29 is 9.47 Å². The van der Waals surface area contributed by atoms with Gasteiger partial charge in [0, 0.05) is 25.6 Å². The average Bonchev–Trinajstić information content (AvgIpc) is 2.97. The maximum atomic E-state index is 5.97. The Bertz CT molecular complexity index is 625. The van der Waals surface area contributed by atoms with E-state index in [9.17, 15) is 0 Å².